The Labute approximate surface area is 104 Å². The Hall–Kier alpha value is -0.610. The molecule has 1 saturated heterocycles. The van der Waals surface area contributed by atoms with Crippen molar-refractivity contribution in [1.29, 1.82) is 0 Å². The average molecular weight is 243 g/mol. The molecule has 1 aliphatic heterocycles. The molecule has 0 spiro atoms. The normalized spacial score (nSPS) is 22.1. The van der Waals surface area contributed by atoms with Gasteiger partial charge in [-0.25, -0.2) is 0 Å². The fraction of sp³-hybridized carbons (Fsp3) is 0.923. The summed E-state index contributed by atoms with van der Waals surface area (Å²) < 4.78 is 5.52. The zero-order valence-corrected chi connectivity index (χ0v) is 10.8. The standard InChI is InChI=1S/C13H25NO3/c1-11(10-15)5-4-7-14-13(16)9-12-6-2-3-8-17-12/h11-12,15H,2-10H2,1H3,(H,14,16). The first kappa shape index (κ1) is 14.5. The van der Waals surface area contributed by atoms with Crippen LogP contribution in [0.5, 0.6) is 0 Å². The molecule has 100 valence electrons. The van der Waals surface area contributed by atoms with Gasteiger partial charge in [-0.2, -0.15) is 0 Å². The van der Waals surface area contributed by atoms with E-state index in [4.69, 9.17) is 9.84 Å². The SMILES string of the molecule is CC(CO)CCCNC(=O)CC1CCCCO1. The number of ether oxygens (including phenoxy) is 1. The smallest absolute Gasteiger partial charge is 0.222 e. The second-order valence-corrected chi connectivity index (χ2v) is 4.97. The highest BCUT2D eigenvalue weighted by molar-refractivity contribution is 5.76. The molecule has 0 aromatic heterocycles. The summed E-state index contributed by atoms with van der Waals surface area (Å²) in [7, 11) is 0. The highest BCUT2D eigenvalue weighted by Gasteiger charge is 2.17. The Morgan fingerprint density at radius 1 is 1.53 bits per heavy atom. The maximum absolute atomic E-state index is 11.6. The van der Waals surface area contributed by atoms with E-state index < -0.39 is 0 Å². The number of carbonyl (C=O) groups is 1. The van der Waals surface area contributed by atoms with Gasteiger partial charge in [0.15, 0.2) is 0 Å². The molecule has 1 amide bonds. The number of hydrogen-bond acceptors (Lipinski definition) is 3. The van der Waals surface area contributed by atoms with Crippen molar-refractivity contribution in [1.82, 2.24) is 5.32 Å². The molecule has 17 heavy (non-hydrogen) atoms. The van der Waals surface area contributed by atoms with Crippen LogP contribution in [0.1, 0.15) is 45.4 Å². The van der Waals surface area contributed by atoms with Gasteiger partial charge in [0.25, 0.3) is 0 Å². The van der Waals surface area contributed by atoms with E-state index in [1.54, 1.807) is 0 Å². The van der Waals surface area contributed by atoms with Gasteiger partial charge in [-0.3, -0.25) is 4.79 Å². The minimum Gasteiger partial charge on any atom is -0.396 e. The maximum Gasteiger partial charge on any atom is 0.222 e. The summed E-state index contributed by atoms with van der Waals surface area (Å²) in [4.78, 5) is 11.6. The van der Waals surface area contributed by atoms with E-state index in [0.717, 1.165) is 32.3 Å². The number of carbonyl (C=O) groups excluding carboxylic acids is 1. The first-order valence-electron chi connectivity index (χ1n) is 6.71. The molecule has 2 N–H and O–H groups in total. The number of hydrogen-bond donors (Lipinski definition) is 2. The van der Waals surface area contributed by atoms with E-state index in [9.17, 15) is 4.79 Å². The Kier molecular flexibility index (Phi) is 7.21. The zero-order valence-electron chi connectivity index (χ0n) is 10.8. The van der Waals surface area contributed by atoms with Gasteiger partial charge in [0.1, 0.15) is 0 Å². The van der Waals surface area contributed by atoms with Gasteiger partial charge in [-0.15, -0.1) is 0 Å². The Bertz CT molecular complexity index is 215. The van der Waals surface area contributed by atoms with Gasteiger partial charge in [-0.05, 0) is 38.0 Å². The molecule has 0 aromatic carbocycles. The molecule has 0 bridgehead atoms. The third-order valence-corrected chi connectivity index (χ3v) is 3.19. The molecule has 0 radical (unpaired) electrons. The van der Waals surface area contributed by atoms with Crippen LogP contribution in [0.15, 0.2) is 0 Å². The highest BCUT2D eigenvalue weighted by atomic mass is 16.5. The Morgan fingerprint density at radius 3 is 3.00 bits per heavy atom. The van der Waals surface area contributed by atoms with Gasteiger partial charge in [0.05, 0.1) is 12.5 Å². The van der Waals surface area contributed by atoms with E-state index in [2.05, 4.69) is 5.32 Å². The summed E-state index contributed by atoms with van der Waals surface area (Å²) in [5.41, 5.74) is 0. The van der Waals surface area contributed by atoms with Crippen molar-refractivity contribution >= 4 is 5.91 Å². The highest BCUT2D eigenvalue weighted by Crippen LogP contribution is 2.15. The van der Waals surface area contributed by atoms with Crippen molar-refractivity contribution in [2.75, 3.05) is 19.8 Å². The number of nitrogens with one attached hydrogen (secondary N) is 1. The molecule has 2 atom stereocenters. The van der Waals surface area contributed by atoms with Crippen LogP contribution in [0, 0.1) is 5.92 Å². The number of amides is 1. The van der Waals surface area contributed by atoms with Crippen LogP contribution in [0.25, 0.3) is 0 Å². The second kappa shape index (κ2) is 8.48. The van der Waals surface area contributed by atoms with Crippen LogP contribution >= 0.6 is 0 Å². The molecular formula is C13H25NO3. The van der Waals surface area contributed by atoms with Crippen LogP contribution in [0.2, 0.25) is 0 Å². The van der Waals surface area contributed by atoms with E-state index in [1.807, 2.05) is 6.92 Å². The molecule has 4 nitrogen and oxygen atoms in total. The van der Waals surface area contributed by atoms with Crippen molar-refractivity contribution in [2.24, 2.45) is 5.92 Å². The lowest BCUT2D eigenvalue weighted by atomic mass is 10.1. The largest absolute Gasteiger partial charge is 0.396 e. The predicted molar refractivity (Wildman–Crippen MR) is 66.7 cm³/mol. The molecule has 1 rings (SSSR count). The summed E-state index contributed by atoms with van der Waals surface area (Å²) in [5, 5.41) is 11.8. The van der Waals surface area contributed by atoms with Gasteiger partial charge in [0, 0.05) is 19.8 Å². The molecule has 1 fully saturated rings. The van der Waals surface area contributed by atoms with Crippen molar-refractivity contribution in [3.8, 4) is 0 Å². The van der Waals surface area contributed by atoms with Gasteiger partial charge >= 0.3 is 0 Å². The summed E-state index contributed by atoms with van der Waals surface area (Å²) in [6.45, 7) is 3.74. The van der Waals surface area contributed by atoms with Crippen molar-refractivity contribution < 1.29 is 14.6 Å². The summed E-state index contributed by atoms with van der Waals surface area (Å²) in [6.07, 6.45) is 5.81. The minimum absolute atomic E-state index is 0.0913. The Balaban J connectivity index is 2.00. The third-order valence-electron chi connectivity index (χ3n) is 3.19. The summed E-state index contributed by atoms with van der Waals surface area (Å²) >= 11 is 0. The van der Waals surface area contributed by atoms with Crippen LogP contribution in [0.3, 0.4) is 0 Å². The van der Waals surface area contributed by atoms with E-state index >= 15 is 0 Å². The predicted octanol–water partition coefficient (Wildman–Crippen LogP) is 1.47. The molecule has 0 saturated carbocycles. The molecule has 0 aromatic rings. The van der Waals surface area contributed by atoms with Crippen LogP contribution in [-0.2, 0) is 9.53 Å². The van der Waals surface area contributed by atoms with Crippen molar-refractivity contribution in [3.05, 3.63) is 0 Å². The molecule has 2 unspecified atom stereocenters. The molecule has 1 heterocycles. The van der Waals surface area contributed by atoms with Crippen LogP contribution < -0.4 is 5.32 Å². The monoisotopic (exact) mass is 243 g/mol. The van der Waals surface area contributed by atoms with E-state index in [0.29, 0.717) is 18.9 Å². The lowest BCUT2D eigenvalue weighted by Crippen LogP contribution is -2.31. The van der Waals surface area contributed by atoms with E-state index in [1.165, 1.54) is 6.42 Å². The lowest BCUT2D eigenvalue weighted by molar-refractivity contribution is -0.124. The van der Waals surface area contributed by atoms with Gasteiger partial charge < -0.3 is 15.2 Å². The van der Waals surface area contributed by atoms with Crippen LogP contribution in [0.4, 0.5) is 0 Å². The lowest BCUT2D eigenvalue weighted by Gasteiger charge is -2.21. The third kappa shape index (κ3) is 6.64. The number of aliphatic hydroxyl groups is 1. The van der Waals surface area contributed by atoms with Crippen molar-refractivity contribution in [2.45, 2.75) is 51.6 Å². The number of rotatable bonds is 7. The molecule has 4 heteroatoms. The van der Waals surface area contributed by atoms with E-state index in [-0.39, 0.29) is 18.6 Å². The van der Waals surface area contributed by atoms with Crippen molar-refractivity contribution in [3.63, 3.8) is 0 Å². The zero-order chi connectivity index (χ0) is 12.5. The summed E-state index contributed by atoms with van der Waals surface area (Å²) in [6, 6.07) is 0. The molecular weight excluding hydrogens is 218 g/mol. The maximum atomic E-state index is 11.6. The topological polar surface area (TPSA) is 58.6 Å². The number of aliphatic hydroxyl groups excluding tert-OH is 1. The Morgan fingerprint density at radius 2 is 2.35 bits per heavy atom. The first-order valence-corrected chi connectivity index (χ1v) is 6.71. The first-order chi connectivity index (χ1) is 8.22. The van der Waals surface area contributed by atoms with Gasteiger partial charge in [0.2, 0.25) is 5.91 Å². The second-order valence-electron chi connectivity index (χ2n) is 4.97. The fourth-order valence-electron chi connectivity index (χ4n) is 2.02. The molecule has 0 aliphatic carbocycles. The van der Waals surface area contributed by atoms with Gasteiger partial charge in [-0.1, -0.05) is 6.92 Å². The quantitative estimate of drug-likeness (QED) is 0.666. The summed E-state index contributed by atoms with van der Waals surface area (Å²) in [5.74, 6) is 0.419. The average Bonchev–Trinajstić information content (AvgIpc) is 2.35. The molecule has 1 aliphatic rings. The van der Waals surface area contributed by atoms with Crippen LogP contribution in [-0.4, -0.2) is 36.9 Å². The minimum atomic E-state index is 0.0913. The fourth-order valence-corrected chi connectivity index (χ4v) is 2.02.